The summed E-state index contributed by atoms with van der Waals surface area (Å²) in [5.74, 6) is -1.03. The van der Waals surface area contributed by atoms with Crippen LogP contribution in [0.15, 0.2) is 16.9 Å². The zero-order valence-electron chi connectivity index (χ0n) is 6.71. The van der Waals surface area contributed by atoms with Gasteiger partial charge in [0.1, 0.15) is 5.65 Å². The summed E-state index contributed by atoms with van der Waals surface area (Å²) in [4.78, 5) is 17.6. The van der Waals surface area contributed by atoms with Crippen LogP contribution in [0.2, 0.25) is 5.02 Å². The standard InChI is InChI=1S/C8H4BrClN2O2/c9-4-2-12-7-5(6(4)10)3(1-11-7)8(13)14/h1-2H,(H,11,12)(H,13,14). The zero-order chi connectivity index (χ0) is 10.3. The number of nitrogens with one attached hydrogen (secondary N) is 1. The normalized spacial score (nSPS) is 10.7. The number of aromatic nitrogens is 2. The van der Waals surface area contributed by atoms with Crippen molar-refractivity contribution >= 4 is 44.5 Å². The lowest BCUT2D eigenvalue weighted by atomic mass is 10.2. The lowest BCUT2D eigenvalue weighted by Gasteiger charge is -1.97. The number of rotatable bonds is 1. The number of halogens is 2. The molecule has 0 aliphatic carbocycles. The van der Waals surface area contributed by atoms with Crippen LogP contribution >= 0.6 is 27.5 Å². The van der Waals surface area contributed by atoms with Crippen molar-refractivity contribution in [1.82, 2.24) is 9.97 Å². The molecule has 0 unspecified atom stereocenters. The zero-order valence-corrected chi connectivity index (χ0v) is 9.06. The average Bonchev–Trinajstić information content (AvgIpc) is 2.55. The molecule has 0 bridgehead atoms. The third kappa shape index (κ3) is 1.29. The Kier molecular flexibility index (Phi) is 2.20. The Hall–Kier alpha value is -1.07. The molecule has 72 valence electrons. The van der Waals surface area contributed by atoms with Crippen molar-refractivity contribution < 1.29 is 9.90 Å². The largest absolute Gasteiger partial charge is 0.478 e. The van der Waals surface area contributed by atoms with Gasteiger partial charge < -0.3 is 10.1 Å². The molecule has 6 heteroatoms. The average molecular weight is 275 g/mol. The van der Waals surface area contributed by atoms with Crippen molar-refractivity contribution in [3.05, 3.63) is 27.5 Å². The third-order valence-electron chi connectivity index (χ3n) is 1.83. The van der Waals surface area contributed by atoms with Crippen LogP contribution in [0.3, 0.4) is 0 Å². The van der Waals surface area contributed by atoms with Crippen LogP contribution < -0.4 is 0 Å². The Morgan fingerprint density at radius 2 is 2.36 bits per heavy atom. The van der Waals surface area contributed by atoms with Crippen LogP contribution in [0.1, 0.15) is 10.4 Å². The van der Waals surface area contributed by atoms with Gasteiger partial charge in [-0.3, -0.25) is 0 Å². The van der Waals surface area contributed by atoms with E-state index in [-0.39, 0.29) is 5.56 Å². The van der Waals surface area contributed by atoms with E-state index in [4.69, 9.17) is 16.7 Å². The van der Waals surface area contributed by atoms with Gasteiger partial charge in [-0.25, -0.2) is 9.78 Å². The highest BCUT2D eigenvalue weighted by Gasteiger charge is 2.15. The van der Waals surface area contributed by atoms with Crippen molar-refractivity contribution in [2.75, 3.05) is 0 Å². The maximum Gasteiger partial charge on any atom is 0.337 e. The van der Waals surface area contributed by atoms with Crippen LogP contribution in [0.4, 0.5) is 0 Å². The molecule has 0 aliphatic rings. The van der Waals surface area contributed by atoms with Gasteiger partial charge in [0.25, 0.3) is 0 Å². The second-order valence-corrected chi connectivity index (χ2v) is 3.88. The molecule has 0 spiro atoms. The number of fused-ring (bicyclic) bond motifs is 1. The highest BCUT2D eigenvalue weighted by molar-refractivity contribution is 9.10. The molecule has 0 radical (unpaired) electrons. The first-order chi connectivity index (χ1) is 6.61. The maximum atomic E-state index is 10.8. The fraction of sp³-hybridized carbons (Fsp3) is 0. The summed E-state index contributed by atoms with van der Waals surface area (Å²) in [5, 5.41) is 9.65. The van der Waals surface area contributed by atoms with E-state index in [9.17, 15) is 4.79 Å². The first-order valence-electron chi connectivity index (χ1n) is 3.65. The summed E-state index contributed by atoms with van der Waals surface area (Å²) in [7, 11) is 0. The number of aromatic amines is 1. The number of hydrogen-bond acceptors (Lipinski definition) is 2. The fourth-order valence-electron chi connectivity index (χ4n) is 1.20. The molecule has 0 aromatic carbocycles. The van der Waals surface area contributed by atoms with Gasteiger partial charge in [0.05, 0.1) is 20.4 Å². The van der Waals surface area contributed by atoms with Crippen LogP contribution in [-0.4, -0.2) is 21.0 Å². The number of hydrogen-bond donors (Lipinski definition) is 2. The molecule has 14 heavy (non-hydrogen) atoms. The summed E-state index contributed by atoms with van der Waals surface area (Å²) in [5.41, 5.74) is 0.592. The quantitative estimate of drug-likeness (QED) is 0.841. The molecule has 0 atom stereocenters. The van der Waals surface area contributed by atoms with Gasteiger partial charge in [-0.1, -0.05) is 11.6 Å². The molecule has 0 aliphatic heterocycles. The summed E-state index contributed by atoms with van der Waals surface area (Å²) in [6.07, 6.45) is 2.89. The maximum absolute atomic E-state index is 10.8. The lowest BCUT2D eigenvalue weighted by molar-refractivity contribution is 0.0699. The van der Waals surface area contributed by atoms with Crippen molar-refractivity contribution in [2.45, 2.75) is 0 Å². The Labute approximate surface area is 92.0 Å². The van der Waals surface area contributed by atoms with E-state index >= 15 is 0 Å². The molecule has 0 amide bonds. The van der Waals surface area contributed by atoms with Crippen molar-refractivity contribution in [1.29, 1.82) is 0 Å². The second kappa shape index (κ2) is 3.25. The molecule has 2 heterocycles. The number of pyridine rings is 1. The summed E-state index contributed by atoms with van der Waals surface area (Å²) < 4.78 is 0.578. The SMILES string of the molecule is O=C(O)c1c[nH]c2ncc(Br)c(Cl)c12. The molecule has 4 nitrogen and oxygen atoms in total. The van der Waals surface area contributed by atoms with Gasteiger partial charge in [0.2, 0.25) is 0 Å². The molecular weight excluding hydrogens is 271 g/mol. The first-order valence-corrected chi connectivity index (χ1v) is 4.82. The van der Waals surface area contributed by atoms with Gasteiger partial charge in [0.15, 0.2) is 0 Å². The van der Waals surface area contributed by atoms with E-state index in [1.807, 2.05) is 0 Å². The van der Waals surface area contributed by atoms with Crippen LogP contribution in [-0.2, 0) is 0 Å². The summed E-state index contributed by atoms with van der Waals surface area (Å²) in [6.45, 7) is 0. The van der Waals surface area contributed by atoms with E-state index in [0.29, 0.717) is 20.5 Å². The second-order valence-electron chi connectivity index (χ2n) is 2.65. The monoisotopic (exact) mass is 274 g/mol. The highest BCUT2D eigenvalue weighted by Crippen LogP contribution is 2.31. The highest BCUT2D eigenvalue weighted by atomic mass is 79.9. The molecule has 2 aromatic rings. The lowest BCUT2D eigenvalue weighted by Crippen LogP contribution is -1.94. The van der Waals surface area contributed by atoms with Gasteiger partial charge in [0, 0.05) is 12.4 Å². The molecule has 2 rings (SSSR count). The molecule has 0 saturated carbocycles. The summed E-state index contributed by atoms with van der Waals surface area (Å²) >= 11 is 9.13. The molecular formula is C8H4BrClN2O2. The van der Waals surface area contributed by atoms with Crippen molar-refractivity contribution in [3.63, 3.8) is 0 Å². The number of carboxylic acids is 1. The Balaban J connectivity index is 2.89. The van der Waals surface area contributed by atoms with Crippen LogP contribution in [0, 0.1) is 0 Å². The number of aromatic carboxylic acids is 1. The minimum atomic E-state index is -1.03. The van der Waals surface area contributed by atoms with Gasteiger partial charge in [-0.2, -0.15) is 0 Å². The van der Waals surface area contributed by atoms with Gasteiger partial charge >= 0.3 is 5.97 Å². The molecule has 2 N–H and O–H groups in total. The minimum absolute atomic E-state index is 0.124. The summed E-state index contributed by atoms with van der Waals surface area (Å²) in [6, 6.07) is 0. The Morgan fingerprint density at radius 1 is 1.64 bits per heavy atom. The van der Waals surface area contributed by atoms with E-state index < -0.39 is 5.97 Å². The number of carboxylic acid groups (broad SMARTS) is 1. The predicted octanol–water partition coefficient (Wildman–Crippen LogP) is 2.68. The van der Waals surface area contributed by atoms with Crippen molar-refractivity contribution in [2.24, 2.45) is 0 Å². The number of carbonyl (C=O) groups is 1. The third-order valence-corrected chi connectivity index (χ3v) is 3.05. The van der Waals surface area contributed by atoms with E-state index in [1.54, 1.807) is 0 Å². The van der Waals surface area contributed by atoms with E-state index in [0.717, 1.165) is 0 Å². The minimum Gasteiger partial charge on any atom is -0.478 e. The molecule has 0 fully saturated rings. The topological polar surface area (TPSA) is 66.0 Å². The fourth-order valence-corrected chi connectivity index (χ4v) is 1.74. The van der Waals surface area contributed by atoms with Gasteiger partial charge in [-0.15, -0.1) is 0 Å². The predicted molar refractivity (Wildman–Crippen MR) is 55.8 cm³/mol. The molecule has 0 saturated heterocycles. The van der Waals surface area contributed by atoms with E-state index in [1.165, 1.54) is 12.4 Å². The van der Waals surface area contributed by atoms with E-state index in [2.05, 4.69) is 25.9 Å². The number of H-pyrrole nitrogens is 1. The smallest absolute Gasteiger partial charge is 0.337 e. The number of nitrogens with zero attached hydrogens (tertiary/aromatic N) is 1. The molecule has 2 aromatic heterocycles. The Morgan fingerprint density at radius 3 is 3.00 bits per heavy atom. The Bertz CT molecular complexity index is 523. The van der Waals surface area contributed by atoms with Gasteiger partial charge in [-0.05, 0) is 15.9 Å². The van der Waals surface area contributed by atoms with Crippen LogP contribution in [0.25, 0.3) is 11.0 Å². The van der Waals surface area contributed by atoms with Crippen LogP contribution in [0.5, 0.6) is 0 Å². The first kappa shape index (κ1) is 9.48. The van der Waals surface area contributed by atoms with Crippen molar-refractivity contribution in [3.8, 4) is 0 Å².